The number of aromatic nitrogens is 2. The van der Waals surface area contributed by atoms with Crippen molar-refractivity contribution in [1.29, 1.82) is 0 Å². The van der Waals surface area contributed by atoms with E-state index in [1.807, 2.05) is 37.0 Å². The fraction of sp³-hybridized carbons (Fsp3) is 0.400. The lowest BCUT2D eigenvalue weighted by Gasteiger charge is -2.14. The fourth-order valence-corrected chi connectivity index (χ4v) is 2.99. The topological polar surface area (TPSA) is 53.1 Å². The van der Waals surface area contributed by atoms with Gasteiger partial charge in [-0.2, -0.15) is 5.10 Å². The molecule has 1 aliphatic rings. The highest BCUT2D eigenvalue weighted by atomic mass is 35.5. The van der Waals surface area contributed by atoms with E-state index in [4.69, 9.17) is 22.1 Å². The lowest BCUT2D eigenvalue weighted by molar-refractivity contribution is 0.352. The molecule has 0 amide bonds. The van der Waals surface area contributed by atoms with Crippen LogP contribution >= 0.6 is 11.6 Å². The summed E-state index contributed by atoms with van der Waals surface area (Å²) in [5.74, 6) is 0.964. The van der Waals surface area contributed by atoms with Crippen molar-refractivity contribution >= 4 is 11.6 Å². The number of ether oxygens (including phenoxy) is 1. The molecule has 1 aromatic carbocycles. The van der Waals surface area contributed by atoms with Gasteiger partial charge in [-0.25, -0.2) is 0 Å². The number of aryl methyl sites for hydroxylation is 1. The Bertz CT molecular complexity index is 651. The van der Waals surface area contributed by atoms with Gasteiger partial charge < -0.3 is 10.5 Å². The Kier molecular flexibility index (Phi) is 3.44. The number of nitrogens with zero attached hydrogens (tertiary/aromatic N) is 2. The highest BCUT2D eigenvalue weighted by Gasteiger charge is 2.21. The van der Waals surface area contributed by atoms with Crippen LogP contribution in [-0.4, -0.2) is 16.4 Å². The van der Waals surface area contributed by atoms with Gasteiger partial charge in [0, 0.05) is 35.8 Å². The summed E-state index contributed by atoms with van der Waals surface area (Å²) in [7, 11) is 1.92. The summed E-state index contributed by atoms with van der Waals surface area (Å²) < 4.78 is 7.56. The second kappa shape index (κ2) is 5.11. The Morgan fingerprint density at radius 1 is 1.50 bits per heavy atom. The van der Waals surface area contributed by atoms with Gasteiger partial charge in [0.2, 0.25) is 0 Å². The fourth-order valence-electron chi connectivity index (χ4n) is 2.72. The first-order chi connectivity index (χ1) is 9.56. The zero-order valence-corrected chi connectivity index (χ0v) is 12.4. The van der Waals surface area contributed by atoms with Crippen LogP contribution in [0.25, 0.3) is 0 Å². The van der Waals surface area contributed by atoms with E-state index in [9.17, 15) is 0 Å². The number of hydrogen-bond acceptors (Lipinski definition) is 3. The van der Waals surface area contributed by atoms with Gasteiger partial charge in [0.1, 0.15) is 5.75 Å². The number of halogens is 1. The lowest BCUT2D eigenvalue weighted by atomic mass is 9.98. The molecule has 2 heterocycles. The monoisotopic (exact) mass is 291 g/mol. The maximum atomic E-state index is 6.33. The Balaban J connectivity index is 1.90. The van der Waals surface area contributed by atoms with Crippen molar-refractivity contribution < 1.29 is 4.74 Å². The van der Waals surface area contributed by atoms with Gasteiger partial charge in [0.25, 0.3) is 0 Å². The predicted molar refractivity (Wildman–Crippen MR) is 79.2 cm³/mol. The van der Waals surface area contributed by atoms with Gasteiger partial charge in [-0.15, -0.1) is 0 Å². The summed E-state index contributed by atoms with van der Waals surface area (Å²) >= 11 is 6.18. The van der Waals surface area contributed by atoms with Crippen molar-refractivity contribution in [3.63, 3.8) is 0 Å². The van der Waals surface area contributed by atoms with Crippen LogP contribution in [-0.2, 0) is 19.9 Å². The zero-order valence-electron chi connectivity index (χ0n) is 11.7. The first-order valence-electron chi connectivity index (χ1n) is 6.74. The summed E-state index contributed by atoms with van der Waals surface area (Å²) in [4.78, 5) is 0. The number of hydrogen-bond donors (Lipinski definition) is 1. The summed E-state index contributed by atoms with van der Waals surface area (Å²) in [6.45, 7) is 2.75. The molecule has 1 aliphatic heterocycles. The van der Waals surface area contributed by atoms with E-state index in [0.717, 1.165) is 40.6 Å². The molecule has 5 heteroatoms. The average Bonchev–Trinajstić information content (AvgIpc) is 2.97. The van der Waals surface area contributed by atoms with Gasteiger partial charge in [-0.05, 0) is 36.6 Å². The Hall–Kier alpha value is -1.52. The van der Waals surface area contributed by atoms with Gasteiger partial charge in [-0.1, -0.05) is 11.6 Å². The van der Waals surface area contributed by atoms with Crippen LogP contribution in [0.5, 0.6) is 5.75 Å². The van der Waals surface area contributed by atoms with Crippen molar-refractivity contribution in [2.45, 2.75) is 25.8 Å². The van der Waals surface area contributed by atoms with Gasteiger partial charge in [0.15, 0.2) is 0 Å². The number of nitrogens with two attached hydrogens (primary N) is 1. The largest absolute Gasteiger partial charge is 0.493 e. The molecule has 3 rings (SSSR count). The van der Waals surface area contributed by atoms with Gasteiger partial charge in [0.05, 0.1) is 12.8 Å². The van der Waals surface area contributed by atoms with Crippen LogP contribution in [0.2, 0.25) is 5.02 Å². The maximum absolute atomic E-state index is 6.33. The molecule has 2 aromatic rings. The lowest BCUT2D eigenvalue weighted by Crippen LogP contribution is -2.14. The standard InChI is InChI=1S/C15H18ClN3O/c1-9-13(8-18-19(9)2)14(17)7-11-6-12(16)5-10-3-4-20-15(10)11/h5-6,8,14H,3-4,7,17H2,1-2H3. The van der Waals surface area contributed by atoms with E-state index in [0.29, 0.717) is 6.42 Å². The van der Waals surface area contributed by atoms with Crippen molar-refractivity contribution in [1.82, 2.24) is 9.78 Å². The molecule has 4 nitrogen and oxygen atoms in total. The molecule has 1 unspecified atom stereocenters. The van der Waals surface area contributed by atoms with Crippen LogP contribution in [0, 0.1) is 6.92 Å². The molecule has 2 N–H and O–H groups in total. The summed E-state index contributed by atoms with van der Waals surface area (Å²) in [5, 5.41) is 5.00. The number of benzene rings is 1. The molecule has 0 radical (unpaired) electrons. The van der Waals surface area contributed by atoms with E-state index < -0.39 is 0 Å². The van der Waals surface area contributed by atoms with E-state index in [2.05, 4.69) is 5.10 Å². The molecule has 1 atom stereocenters. The highest BCUT2D eigenvalue weighted by Crippen LogP contribution is 2.35. The highest BCUT2D eigenvalue weighted by molar-refractivity contribution is 6.30. The molecule has 20 heavy (non-hydrogen) atoms. The quantitative estimate of drug-likeness (QED) is 0.945. The minimum absolute atomic E-state index is 0.101. The third-order valence-corrected chi connectivity index (χ3v) is 4.16. The van der Waals surface area contributed by atoms with E-state index in [-0.39, 0.29) is 6.04 Å². The molecule has 0 fully saturated rings. The Morgan fingerprint density at radius 3 is 3.00 bits per heavy atom. The summed E-state index contributed by atoms with van der Waals surface area (Å²) in [6, 6.07) is 3.83. The smallest absolute Gasteiger partial charge is 0.125 e. The summed E-state index contributed by atoms with van der Waals surface area (Å²) in [5.41, 5.74) is 10.8. The number of fused-ring (bicyclic) bond motifs is 1. The molecule has 0 saturated carbocycles. The molecule has 0 aliphatic carbocycles. The minimum atomic E-state index is -0.101. The Labute approximate surface area is 123 Å². The van der Waals surface area contributed by atoms with Crippen molar-refractivity contribution in [2.24, 2.45) is 12.8 Å². The van der Waals surface area contributed by atoms with Gasteiger partial charge >= 0.3 is 0 Å². The maximum Gasteiger partial charge on any atom is 0.125 e. The van der Waals surface area contributed by atoms with Crippen LogP contribution in [0.1, 0.15) is 28.4 Å². The summed E-state index contributed by atoms with van der Waals surface area (Å²) in [6.07, 6.45) is 3.46. The molecule has 0 bridgehead atoms. The molecule has 106 valence electrons. The predicted octanol–water partition coefficient (Wildman–Crippen LogP) is 2.56. The second-order valence-electron chi connectivity index (χ2n) is 5.27. The normalized spacial score (nSPS) is 15.0. The van der Waals surface area contributed by atoms with E-state index in [1.165, 1.54) is 5.56 Å². The van der Waals surface area contributed by atoms with E-state index in [1.54, 1.807) is 0 Å². The third-order valence-electron chi connectivity index (χ3n) is 3.94. The molecule has 1 aromatic heterocycles. The molecule has 0 saturated heterocycles. The molecular weight excluding hydrogens is 274 g/mol. The minimum Gasteiger partial charge on any atom is -0.493 e. The Morgan fingerprint density at radius 2 is 2.30 bits per heavy atom. The first kappa shape index (κ1) is 13.5. The molecule has 0 spiro atoms. The van der Waals surface area contributed by atoms with Crippen molar-refractivity contribution in [3.05, 3.63) is 45.7 Å². The molecular formula is C15H18ClN3O. The first-order valence-corrected chi connectivity index (χ1v) is 7.12. The van der Waals surface area contributed by atoms with Crippen LogP contribution in [0.3, 0.4) is 0 Å². The zero-order chi connectivity index (χ0) is 14.3. The van der Waals surface area contributed by atoms with Gasteiger partial charge in [-0.3, -0.25) is 4.68 Å². The van der Waals surface area contributed by atoms with Crippen LogP contribution < -0.4 is 10.5 Å². The van der Waals surface area contributed by atoms with Crippen molar-refractivity contribution in [3.8, 4) is 5.75 Å². The van der Waals surface area contributed by atoms with Crippen molar-refractivity contribution in [2.75, 3.05) is 6.61 Å². The van der Waals surface area contributed by atoms with Crippen LogP contribution in [0.15, 0.2) is 18.3 Å². The SMILES string of the molecule is Cc1c(C(N)Cc2cc(Cl)cc3c2OCC3)cnn1C. The second-order valence-corrected chi connectivity index (χ2v) is 5.71. The number of rotatable bonds is 3. The van der Waals surface area contributed by atoms with Crippen LogP contribution in [0.4, 0.5) is 0 Å². The van der Waals surface area contributed by atoms with E-state index >= 15 is 0 Å². The average molecular weight is 292 g/mol. The third kappa shape index (κ3) is 2.30.